The summed E-state index contributed by atoms with van der Waals surface area (Å²) in [6.45, 7) is 5.89. The minimum atomic E-state index is -0.735. The highest BCUT2D eigenvalue weighted by atomic mass is 16.5. The van der Waals surface area contributed by atoms with E-state index in [1.54, 1.807) is 22.8 Å². The van der Waals surface area contributed by atoms with E-state index >= 15 is 0 Å². The molecule has 2 aromatic rings. The Morgan fingerprint density at radius 1 is 1.18 bits per heavy atom. The number of aromatic nitrogens is 1. The van der Waals surface area contributed by atoms with Crippen molar-refractivity contribution in [2.75, 3.05) is 37.7 Å². The van der Waals surface area contributed by atoms with Gasteiger partial charge in [0.05, 0.1) is 37.6 Å². The molecule has 1 atom stereocenters. The van der Waals surface area contributed by atoms with Gasteiger partial charge in [0, 0.05) is 18.7 Å². The predicted octanol–water partition coefficient (Wildman–Crippen LogP) is 1.49. The maximum Gasteiger partial charge on any atom is 0.265 e. The van der Waals surface area contributed by atoms with Crippen LogP contribution in [0.15, 0.2) is 28.8 Å². The molecule has 1 aromatic heterocycles. The van der Waals surface area contributed by atoms with Crippen LogP contribution in [-0.4, -0.2) is 60.8 Å². The second-order valence-electron chi connectivity index (χ2n) is 7.00. The Kier molecular flexibility index (Phi) is 5.04. The monoisotopic (exact) mass is 385 g/mol. The Balaban J connectivity index is 1.58. The summed E-state index contributed by atoms with van der Waals surface area (Å²) in [4.78, 5) is 29.4. The number of amides is 2. The highest BCUT2D eigenvalue weighted by Crippen LogP contribution is 2.34. The largest absolute Gasteiger partial charge is 0.476 e. The molecule has 2 aliphatic rings. The molecule has 0 bridgehead atoms. The van der Waals surface area contributed by atoms with Gasteiger partial charge in [0.1, 0.15) is 11.5 Å². The van der Waals surface area contributed by atoms with Crippen molar-refractivity contribution in [2.45, 2.75) is 26.4 Å². The molecule has 1 unspecified atom stereocenters. The van der Waals surface area contributed by atoms with Crippen LogP contribution in [0.2, 0.25) is 0 Å². The van der Waals surface area contributed by atoms with Crippen molar-refractivity contribution in [1.29, 1.82) is 0 Å². The molecule has 8 nitrogen and oxygen atoms in total. The fourth-order valence-electron chi connectivity index (χ4n) is 3.59. The molecule has 148 valence electrons. The number of hydrogen-bond donors (Lipinski definition) is 0. The number of anilines is 1. The molecule has 28 heavy (non-hydrogen) atoms. The summed E-state index contributed by atoms with van der Waals surface area (Å²) in [6, 6.07) is 7.29. The lowest BCUT2D eigenvalue weighted by Gasteiger charge is -2.37. The van der Waals surface area contributed by atoms with Crippen LogP contribution in [-0.2, 0) is 20.7 Å². The summed E-state index contributed by atoms with van der Waals surface area (Å²) >= 11 is 0. The van der Waals surface area contributed by atoms with Crippen LogP contribution in [0.5, 0.6) is 5.75 Å². The van der Waals surface area contributed by atoms with Crippen LogP contribution in [0.3, 0.4) is 0 Å². The third kappa shape index (κ3) is 3.47. The van der Waals surface area contributed by atoms with Crippen LogP contribution < -0.4 is 9.64 Å². The Morgan fingerprint density at radius 2 is 1.93 bits per heavy atom. The van der Waals surface area contributed by atoms with Crippen LogP contribution in [0, 0.1) is 13.8 Å². The zero-order valence-electron chi connectivity index (χ0n) is 16.0. The average Bonchev–Trinajstić information content (AvgIpc) is 3.05. The second kappa shape index (κ2) is 7.63. The number of carbonyl (C=O) groups excluding carboxylic acids is 2. The first kappa shape index (κ1) is 18.5. The lowest BCUT2D eigenvalue weighted by molar-refractivity contribution is -0.142. The molecular formula is C20H23N3O5. The van der Waals surface area contributed by atoms with Crippen LogP contribution >= 0.6 is 0 Å². The molecule has 0 spiro atoms. The third-order valence-corrected chi connectivity index (χ3v) is 5.18. The number of benzene rings is 1. The maximum atomic E-state index is 13.1. The minimum Gasteiger partial charge on any atom is -0.476 e. The van der Waals surface area contributed by atoms with Gasteiger partial charge < -0.3 is 23.8 Å². The molecule has 2 amide bonds. The molecule has 1 aromatic carbocycles. The van der Waals surface area contributed by atoms with E-state index in [1.165, 1.54) is 0 Å². The highest BCUT2D eigenvalue weighted by molar-refractivity contribution is 5.98. The van der Waals surface area contributed by atoms with Crippen molar-refractivity contribution < 1.29 is 23.6 Å². The van der Waals surface area contributed by atoms with Gasteiger partial charge >= 0.3 is 0 Å². The lowest BCUT2D eigenvalue weighted by Crippen LogP contribution is -2.54. The SMILES string of the molecule is Cc1noc(C)c1CC(=O)N1CC(C(=O)N2CCOCC2)Oc2ccccc21. The number of hydrogen-bond acceptors (Lipinski definition) is 6. The minimum absolute atomic E-state index is 0.118. The van der Waals surface area contributed by atoms with Gasteiger partial charge in [-0.25, -0.2) is 0 Å². The first-order valence-electron chi connectivity index (χ1n) is 9.39. The van der Waals surface area contributed by atoms with Gasteiger partial charge in [0.25, 0.3) is 5.91 Å². The zero-order valence-corrected chi connectivity index (χ0v) is 16.0. The van der Waals surface area contributed by atoms with Crippen molar-refractivity contribution in [3.63, 3.8) is 0 Å². The Hall–Kier alpha value is -2.87. The summed E-state index contributed by atoms with van der Waals surface area (Å²) < 4.78 is 16.4. The van der Waals surface area contributed by atoms with Crippen molar-refractivity contribution in [1.82, 2.24) is 10.1 Å². The number of aryl methyl sites for hydroxylation is 2. The molecule has 4 rings (SSSR count). The lowest BCUT2D eigenvalue weighted by atomic mass is 10.1. The van der Waals surface area contributed by atoms with Crippen molar-refractivity contribution >= 4 is 17.5 Å². The summed E-state index contributed by atoms with van der Waals surface area (Å²) in [5.41, 5.74) is 2.16. The Bertz CT molecular complexity index is 868. The number of morpholine rings is 1. The van der Waals surface area contributed by atoms with Gasteiger partial charge in [0.15, 0.2) is 6.10 Å². The average molecular weight is 385 g/mol. The Labute approximate surface area is 163 Å². The second-order valence-corrected chi connectivity index (χ2v) is 7.00. The summed E-state index contributed by atoms with van der Waals surface area (Å²) in [6.07, 6.45) is -0.574. The fraction of sp³-hybridized carbons (Fsp3) is 0.450. The molecule has 0 radical (unpaired) electrons. The van der Waals surface area contributed by atoms with E-state index in [9.17, 15) is 9.59 Å². The number of rotatable bonds is 3. The quantitative estimate of drug-likeness (QED) is 0.796. The van der Waals surface area contributed by atoms with E-state index in [4.69, 9.17) is 14.0 Å². The molecule has 3 heterocycles. The number of para-hydroxylation sites is 2. The molecule has 2 aliphatic heterocycles. The van der Waals surface area contributed by atoms with Crippen molar-refractivity contribution in [3.8, 4) is 5.75 Å². The predicted molar refractivity (Wildman–Crippen MR) is 100 cm³/mol. The van der Waals surface area contributed by atoms with Gasteiger partial charge in [-0.05, 0) is 26.0 Å². The summed E-state index contributed by atoms with van der Waals surface area (Å²) in [5.74, 6) is 0.929. The number of nitrogens with zero attached hydrogens (tertiary/aromatic N) is 3. The van der Waals surface area contributed by atoms with Crippen LogP contribution in [0.4, 0.5) is 5.69 Å². The molecular weight excluding hydrogens is 362 g/mol. The fourth-order valence-corrected chi connectivity index (χ4v) is 3.59. The third-order valence-electron chi connectivity index (χ3n) is 5.18. The maximum absolute atomic E-state index is 13.1. The normalized spacial score (nSPS) is 19.1. The smallest absolute Gasteiger partial charge is 0.265 e. The van der Waals surface area contributed by atoms with Gasteiger partial charge in [-0.2, -0.15) is 0 Å². The molecule has 1 saturated heterocycles. The first-order chi connectivity index (χ1) is 13.5. The number of carbonyl (C=O) groups is 2. The van der Waals surface area contributed by atoms with Crippen molar-refractivity contribution in [2.24, 2.45) is 0 Å². The van der Waals surface area contributed by atoms with E-state index in [1.807, 2.05) is 25.1 Å². The molecule has 0 N–H and O–H groups in total. The van der Waals surface area contributed by atoms with Crippen molar-refractivity contribution in [3.05, 3.63) is 41.3 Å². The number of ether oxygens (including phenoxy) is 2. The molecule has 0 aliphatic carbocycles. The van der Waals surface area contributed by atoms with Gasteiger partial charge in [-0.3, -0.25) is 9.59 Å². The summed E-state index contributed by atoms with van der Waals surface area (Å²) in [7, 11) is 0. The highest BCUT2D eigenvalue weighted by Gasteiger charge is 2.36. The van der Waals surface area contributed by atoms with E-state index < -0.39 is 6.10 Å². The van der Waals surface area contributed by atoms with Crippen LogP contribution in [0.25, 0.3) is 0 Å². The molecule has 8 heteroatoms. The van der Waals surface area contributed by atoms with E-state index in [0.29, 0.717) is 49.2 Å². The standard InChI is InChI=1S/C20H23N3O5/c1-13-15(14(2)28-21-13)11-19(24)23-12-18(20(25)22-7-9-26-10-8-22)27-17-6-4-3-5-16(17)23/h3-6,18H,7-12H2,1-2H3. The molecule has 1 fully saturated rings. The molecule has 0 saturated carbocycles. The zero-order chi connectivity index (χ0) is 19.7. The topological polar surface area (TPSA) is 85.1 Å². The first-order valence-corrected chi connectivity index (χ1v) is 9.39. The van der Waals surface area contributed by atoms with E-state index in [0.717, 1.165) is 5.56 Å². The Morgan fingerprint density at radius 3 is 2.64 bits per heavy atom. The van der Waals surface area contributed by atoms with E-state index in [2.05, 4.69) is 5.16 Å². The van der Waals surface area contributed by atoms with Gasteiger partial charge in [-0.15, -0.1) is 0 Å². The summed E-state index contributed by atoms with van der Waals surface area (Å²) in [5, 5.41) is 3.92. The number of fused-ring (bicyclic) bond motifs is 1. The van der Waals surface area contributed by atoms with Gasteiger partial charge in [0.2, 0.25) is 5.91 Å². The van der Waals surface area contributed by atoms with E-state index in [-0.39, 0.29) is 24.8 Å². The van der Waals surface area contributed by atoms with Crippen LogP contribution in [0.1, 0.15) is 17.0 Å². The van der Waals surface area contributed by atoms with Gasteiger partial charge in [-0.1, -0.05) is 17.3 Å².